The number of allylic oxidation sites excluding steroid dienone is 12. The largest absolute Gasteiger partial charge is 0.204 e. The molecule has 9 heteroatoms. The fourth-order valence-corrected chi connectivity index (χ4v) is 9.52. The molecule has 6 rings (SSSR count). The highest BCUT2D eigenvalue weighted by Gasteiger charge is 2.20. The van der Waals surface area contributed by atoms with Gasteiger partial charge in [-0.2, -0.15) is 0 Å². The molecule has 0 aromatic heterocycles. The van der Waals surface area contributed by atoms with Gasteiger partial charge in [-0.3, -0.25) is 0 Å². The van der Waals surface area contributed by atoms with Gasteiger partial charge in [0, 0.05) is 17.8 Å². The normalized spacial score (nSPS) is 17.2. The Hall–Kier alpha value is -4.53. The first-order chi connectivity index (χ1) is 34.8. The molecule has 0 spiro atoms. The van der Waals surface area contributed by atoms with E-state index in [0.717, 1.165) is 55.7 Å². The van der Waals surface area contributed by atoms with E-state index in [4.69, 9.17) is 0 Å². The van der Waals surface area contributed by atoms with Crippen molar-refractivity contribution in [3.8, 4) is 0 Å². The summed E-state index contributed by atoms with van der Waals surface area (Å²) in [6.07, 6.45) is 50.9. The summed E-state index contributed by atoms with van der Waals surface area (Å²) in [5.41, 5.74) is 5.37. The molecular formula is C63H81F9. The van der Waals surface area contributed by atoms with Crippen LogP contribution >= 0.6 is 0 Å². The molecule has 3 aliphatic rings. The first-order valence-corrected chi connectivity index (χ1v) is 27.4. The molecule has 3 aromatic carbocycles. The van der Waals surface area contributed by atoms with Gasteiger partial charge in [0.1, 0.15) is 0 Å². The number of hydrogen-bond donors (Lipinski definition) is 0. The lowest BCUT2D eigenvalue weighted by Crippen LogP contribution is -2.02. The zero-order valence-electron chi connectivity index (χ0n) is 43.4. The standard InChI is InChI=1S/C22H29F3.C21H27F3.C20H25F3/c1-2-3-4-5-6-7-8-9-10-17-11-13-18(14-12-17)19-15-20(23)22(25)21(24)16-19;1-2-3-4-5-6-7-8-9-16-10-12-17(13-11-16)18-14-19(22)21(24)20(23)15-18;1-2-3-4-5-6-7-8-15-9-11-16(12-10-15)17-13-18(21)20(23)19(22)14-17/h11-13,15-16,18H,2-10,14H2,1H3;10-12,14-15,17H,2-9,13H2,1H3;9-11,13-14,16H,2-8,12H2,1H3. The van der Waals surface area contributed by atoms with E-state index in [-0.39, 0.29) is 17.8 Å². The molecule has 0 heterocycles. The first-order valence-electron chi connectivity index (χ1n) is 27.4. The van der Waals surface area contributed by atoms with Crippen LogP contribution in [0.4, 0.5) is 39.5 Å². The lowest BCUT2D eigenvalue weighted by Gasteiger charge is -2.17. The third-order valence-electron chi connectivity index (χ3n) is 14.0. The van der Waals surface area contributed by atoms with Gasteiger partial charge < -0.3 is 0 Å². The Morgan fingerprint density at radius 1 is 0.306 bits per heavy atom. The summed E-state index contributed by atoms with van der Waals surface area (Å²) < 4.78 is 119. The minimum Gasteiger partial charge on any atom is -0.204 e. The van der Waals surface area contributed by atoms with Gasteiger partial charge in [0.2, 0.25) is 0 Å². The Morgan fingerprint density at radius 2 is 0.514 bits per heavy atom. The molecule has 396 valence electrons. The van der Waals surface area contributed by atoms with Crippen molar-refractivity contribution < 1.29 is 39.5 Å². The second kappa shape index (κ2) is 34.1. The van der Waals surface area contributed by atoms with Crippen molar-refractivity contribution in [2.24, 2.45) is 0 Å². The van der Waals surface area contributed by atoms with Gasteiger partial charge in [0.05, 0.1) is 0 Å². The van der Waals surface area contributed by atoms with Crippen molar-refractivity contribution in [1.29, 1.82) is 0 Å². The predicted octanol–water partition coefficient (Wildman–Crippen LogP) is 21.6. The maximum absolute atomic E-state index is 13.4. The number of rotatable bonds is 27. The van der Waals surface area contributed by atoms with Crippen LogP contribution in [0.5, 0.6) is 0 Å². The van der Waals surface area contributed by atoms with Crippen molar-refractivity contribution >= 4 is 0 Å². The van der Waals surface area contributed by atoms with Crippen LogP contribution in [0.2, 0.25) is 0 Å². The average molecular weight is 1010 g/mol. The first kappa shape index (κ1) is 60.0. The third kappa shape index (κ3) is 21.5. The molecule has 0 N–H and O–H groups in total. The van der Waals surface area contributed by atoms with E-state index in [1.165, 1.54) is 152 Å². The highest BCUT2D eigenvalue weighted by molar-refractivity contribution is 5.36. The number of unbranched alkanes of at least 4 members (excludes halogenated alkanes) is 18. The molecule has 3 atom stereocenters. The summed E-state index contributed by atoms with van der Waals surface area (Å²) in [4.78, 5) is 0. The summed E-state index contributed by atoms with van der Waals surface area (Å²) in [5.74, 6) is -11.1. The smallest absolute Gasteiger partial charge is 0.194 e. The average Bonchev–Trinajstić information content (AvgIpc) is 3.38. The van der Waals surface area contributed by atoms with Crippen LogP contribution in [0.1, 0.15) is 229 Å². The number of benzene rings is 3. The van der Waals surface area contributed by atoms with Gasteiger partial charge in [-0.05, 0) is 111 Å². The monoisotopic (exact) mass is 1010 g/mol. The van der Waals surface area contributed by atoms with E-state index in [9.17, 15) is 39.5 Å². The Kier molecular flexibility index (Phi) is 28.4. The van der Waals surface area contributed by atoms with Crippen molar-refractivity contribution in [2.75, 3.05) is 0 Å². The van der Waals surface area contributed by atoms with E-state index < -0.39 is 52.4 Å². The zero-order chi connectivity index (χ0) is 52.1. The Balaban J connectivity index is 0.000000235. The molecule has 0 aliphatic heterocycles. The van der Waals surface area contributed by atoms with Crippen LogP contribution in [0.15, 0.2) is 108 Å². The van der Waals surface area contributed by atoms with Crippen molar-refractivity contribution in [3.63, 3.8) is 0 Å². The van der Waals surface area contributed by atoms with Crippen molar-refractivity contribution in [1.82, 2.24) is 0 Å². The van der Waals surface area contributed by atoms with Crippen LogP contribution in [0, 0.1) is 52.4 Å². The lowest BCUT2D eigenvalue weighted by molar-refractivity contribution is 0.444. The zero-order valence-corrected chi connectivity index (χ0v) is 43.4. The van der Waals surface area contributed by atoms with Gasteiger partial charge in [0.25, 0.3) is 0 Å². The fraction of sp³-hybridized carbons (Fsp3) is 0.524. The summed E-state index contributed by atoms with van der Waals surface area (Å²) in [6.45, 7) is 6.68. The van der Waals surface area contributed by atoms with Crippen LogP contribution < -0.4 is 0 Å². The number of hydrogen-bond acceptors (Lipinski definition) is 0. The van der Waals surface area contributed by atoms with Gasteiger partial charge in [0.15, 0.2) is 52.4 Å². The SMILES string of the molecule is CCCCCCCCC1=CCC(c2cc(F)c(F)c(F)c2)C=C1.CCCCCCCCCC1=CCC(c2cc(F)c(F)c(F)c2)C=C1.CCCCCCCCCCC1=CCC(c2cc(F)c(F)c(F)c2)C=C1. The van der Waals surface area contributed by atoms with Gasteiger partial charge in [-0.15, -0.1) is 0 Å². The maximum atomic E-state index is 13.4. The summed E-state index contributed by atoms with van der Waals surface area (Å²) in [5, 5.41) is 0. The summed E-state index contributed by atoms with van der Waals surface area (Å²) in [6, 6.07) is 6.60. The fourth-order valence-electron chi connectivity index (χ4n) is 9.52. The highest BCUT2D eigenvalue weighted by atomic mass is 19.2. The van der Waals surface area contributed by atoms with E-state index in [0.29, 0.717) is 36.0 Å². The molecule has 0 saturated carbocycles. The molecule has 0 saturated heterocycles. The third-order valence-corrected chi connectivity index (χ3v) is 14.0. The molecule has 0 bridgehead atoms. The van der Waals surface area contributed by atoms with Crippen LogP contribution in [0.25, 0.3) is 0 Å². The van der Waals surface area contributed by atoms with Gasteiger partial charge >= 0.3 is 0 Å². The maximum Gasteiger partial charge on any atom is 0.194 e. The second-order valence-electron chi connectivity index (χ2n) is 20.0. The number of halogens is 9. The van der Waals surface area contributed by atoms with Crippen LogP contribution in [0.3, 0.4) is 0 Å². The van der Waals surface area contributed by atoms with Gasteiger partial charge in [-0.25, -0.2) is 39.5 Å². The highest BCUT2D eigenvalue weighted by Crippen LogP contribution is 2.33. The van der Waals surface area contributed by atoms with Crippen LogP contribution in [-0.4, -0.2) is 0 Å². The molecule has 3 aliphatic carbocycles. The van der Waals surface area contributed by atoms with E-state index >= 15 is 0 Å². The lowest BCUT2D eigenvalue weighted by atomic mass is 9.88. The van der Waals surface area contributed by atoms with Crippen LogP contribution in [-0.2, 0) is 0 Å². The van der Waals surface area contributed by atoms with E-state index in [1.807, 2.05) is 30.4 Å². The molecule has 3 aromatic rings. The molecule has 72 heavy (non-hydrogen) atoms. The minimum absolute atomic E-state index is 0.0760. The molecule has 0 nitrogen and oxygen atoms in total. The predicted molar refractivity (Wildman–Crippen MR) is 281 cm³/mol. The summed E-state index contributed by atoms with van der Waals surface area (Å²) >= 11 is 0. The summed E-state index contributed by atoms with van der Waals surface area (Å²) in [7, 11) is 0. The van der Waals surface area contributed by atoms with Crippen molar-refractivity contribution in [2.45, 2.75) is 212 Å². The Morgan fingerprint density at radius 3 is 0.708 bits per heavy atom. The molecule has 0 fully saturated rings. The van der Waals surface area contributed by atoms with Crippen molar-refractivity contribution in [3.05, 3.63) is 177 Å². The Labute approximate surface area is 426 Å². The molecular weight excluding hydrogens is 928 g/mol. The minimum atomic E-state index is -1.40. The quantitative estimate of drug-likeness (QED) is 0.0406. The topological polar surface area (TPSA) is 0 Å². The molecule has 0 amide bonds. The Bertz CT molecular complexity index is 2190. The molecule has 3 unspecified atom stereocenters. The molecule has 0 radical (unpaired) electrons. The van der Waals surface area contributed by atoms with E-state index in [1.54, 1.807) is 0 Å². The second-order valence-corrected chi connectivity index (χ2v) is 20.0. The van der Waals surface area contributed by atoms with E-state index in [2.05, 4.69) is 45.1 Å². The van der Waals surface area contributed by atoms with Gasteiger partial charge in [-0.1, -0.05) is 208 Å².